The van der Waals surface area contributed by atoms with Crippen molar-refractivity contribution in [3.8, 4) is 0 Å². The highest BCUT2D eigenvalue weighted by Crippen LogP contribution is 2.37. The second kappa shape index (κ2) is 6.36. The Morgan fingerprint density at radius 2 is 1.80 bits per heavy atom. The predicted octanol–water partition coefficient (Wildman–Crippen LogP) is 3.95. The van der Waals surface area contributed by atoms with Crippen LogP contribution in [-0.4, -0.2) is 36.1 Å². The second-order valence-electron chi connectivity index (χ2n) is 8.25. The molecule has 0 aromatic rings. The van der Waals surface area contributed by atoms with E-state index in [1.807, 2.05) is 0 Å². The lowest BCUT2D eigenvalue weighted by Crippen LogP contribution is -2.54. The maximum Gasteiger partial charge on any atom is 0.0252 e. The molecular weight excluding hydrogens is 244 g/mol. The Balaban J connectivity index is 1.66. The molecule has 0 amide bonds. The van der Waals surface area contributed by atoms with Gasteiger partial charge in [-0.25, -0.2) is 0 Å². The van der Waals surface area contributed by atoms with E-state index in [0.29, 0.717) is 5.41 Å². The van der Waals surface area contributed by atoms with Crippen molar-refractivity contribution in [1.29, 1.82) is 0 Å². The van der Waals surface area contributed by atoms with Gasteiger partial charge in [-0.3, -0.25) is 4.90 Å². The summed E-state index contributed by atoms with van der Waals surface area (Å²) in [5.74, 6) is 0. The molecule has 20 heavy (non-hydrogen) atoms. The van der Waals surface area contributed by atoms with Gasteiger partial charge in [0, 0.05) is 18.1 Å². The molecule has 0 aromatic heterocycles. The number of rotatable bonds is 2. The Bertz CT molecular complexity index is 307. The van der Waals surface area contributed by atoms with Crippen molar-refractivity contribution in [1.82, 2.24) is 10.2 Å². The number of hydrogen-bond donors (Lipinski definition) is 1. The number of hydrogen-bond acceptors (Lipinski definition) is 2. The molecule has 1 N–H and O–H groups in total. The number of nitrogens with one attached hydrogen (secondary N) is 1. The molecular formula is C18H34N2. The minimum absolute atomic E-state index is 0.589. The van der Waals surface area contributed by atoms with Crippen LogP contribution in [0.3, 0.4) is 0 Å². The molecule has 1 saturated carbocycles. The van der Waals surface area contributed by atoms with Crippen molar-refractivity contribution in [3.63, 3.8) is 0 Å². The third kappa shape index (κ3) is 3.39. The second-order valence-corrected chi connectivity index (χ2v) is 8.25. The summed E-state index contributed by atoms with van der Waals surface area (Å²) in [4.78, 5) is 2.94. The van der Waals surface area contributed by atoms with Crippen LogP contribution in [0.15, 0.2) is 0 Å². The molecule has 2 heteroatoms. The van der Waals surface area contributed by atoms with Gasteiger partial charge in [-0.2, -0.15) is 0 Å². The van der Waals surface area contributed by atoms with Crippen molar-refractivity contribution in [3.05, 3.63) is 0 Å². The van der Waals surface area contributed by atoms with E-state index in [1.54, 1.807) is 0 Å². The van der Waals surface area contributed by atoms with Crippen molar-refractivity contribution in [2.45, 2.75) is 96.2 Å². The Kier molecular flexibility index (Phi) is 4.72. The van der Waals surface area contributed by atoms with E-state index in [1.165, 1.54) is 77.3 Å². The standard InChI is InChI=1S/C18H34N2/c1-18(2)11-5-7-15(10-12-18)20-14-4-3-9-17(20)16-8-6-13-19-16/h15-17,19H,3-14H2,1-2H3. The highest BCUT2D eigenvalue weighted by atomic mass is 15.2. The molecule has 2 nitrogen and oxygen atoms in total. The average molecular weight is 278 g/mol. The molecule has 116 valence electrons. The summed E-state index contributed by atoms with van der Waals surface area (Å²) in [6, 6.07) is 2.52. The smallest absolute Gasteiger partial charge is 0.0252 e. The van der Waals surface area contributed by atoms with Gasteiger partial charge in [0.25, 0.3) is 0 Å². The SMILES string of the molecule is CC1(C)CCCC(N2CCCCC2C2CCCN2)CC1. The third-order valence-corrected chi connectivity index (χ3v) is 6.17. The summed E-state index contributed by atoms with van der Waals surface area (Å²) < 4.78 is 0. The van der Waals surface area contributed by atoms with Gasteiger partial charge in [0.2, 0.25) is 0 Å². The van der Waals surface area contributed by atoms with Crippen LogP contribution in [-0.2, 0) is 0 Å². The Hall–Kier alpha value is -0.0800. The van der Waals surface area contributed by atoms with Crippen molar-refractivity contribution in [2.24, 2.45) is 5.41 Å². The van der Waals surface area contributed by atoms with E-state index >= 15 is 0 Å². The highest BCUT2D eigenvalue weighted by Gasteiger charge is 2.36. The topological polar surface area (TPSA) is 15.3 Å². The van der Waals surface area contributed by atoms with Gasteiger partial charge >= 0.3 is 0 Å². The van der Waals surface area contributed by atoms with Crippen molar-refractivity contribution >= 4 is 0 Å². The molecule has 1 aliphatic carbocycles. The van der Waals surface area contributed by atoms with Crippen LogP contribution in [0, 0.1) is 5.41 Å². The third-order valence-electron chi connectivity index (χ3n) is 6.17. The fraction of sp³-hybridized carbons (Fsp3) is 1.00. The van der Waals surface area contributed by atoms with Crippen LogP contribution in [0.4, 0.5) is 0 Å². The first kappa shape index (κ1) is 14.8. The van der Waals surface area contributed by atoms with Crippen LogP contribution < -0.4 is 5.32 Å². The van der Waals surface area contributed by atoms with Gasteiger partial charge in [0.1, 0.15) is 0 Å². The predicted molar refractivity (Wildman–Crippen MR) is 86.0 cm³/mol. The Morgan fingerprint density at radius 1 is 0.900 bits per heavy atom. The monoisotopic (exact) mass is 278 g/mol. The van der Waals surface area contributed by atoms with Gasteiger partial charge in [-0.05, 0) is 69.9 Å². The zero-order chi connectivity index (χ0) is 14.0. The molecule has 3 aliphatic rings. The van der Waals surface area contributed by atoms with E-state index in [-0.39, 0.29) is 0 Å². The molecule has 0 bridgehead atoms. The maximum absolute atomic E-state index is 3.79. The number of piperidine rings is 1. The van der Waals surface area contributed by atoms with E-state index in [9.17, 15) is 0 Å². The molecule has 0 spiro atoms. The average Bonchev–Trinajstić information content (AvgIpc) is 2.90. The largest absolute Gasteiger partial charge is 0.312 e. The van der Waals surface area contributed by atoms with Crippen LogP contribution in [0.25, 0.3) is 0 Å². The molecule has 2 heterocycles. The first-order valence-electron chi connectivity index (χ1n) is 9.15. The molecule has 2 aliphatic heterocycles. The fourth-order valence-electron chi connectivity index (χ4n) is 4.88. The summed E-state index contributed by atoms with van der Waals surface area (Å²) in [6.45, 7) is 7.57. The molecule has 3 rings (SSSR count). The molecule has 3 fully saturated rings. The molecule has 0 radical (unpaired) electrons. The fourth-order valence-corrected chi connectivity index (χ4v) is 4.88. The van der Waals surface area contributed by atoms with Gasteiger partial charge < -0.3 is 5.32 Å². The molecule has 0 aromatic carbocycles. The normalized spacial score (nSPS) is 39.6. The Labute approximate surface area is 125 Å². The summed E-state index contributed by atoms with van der Waals surface area (Å²) in [7, 11) is 0. The Morgan fingerprint density at radius 3 is 2.60 bits per heavy atom. The van der Waals surface area contributed by atoms with Crippen molar-refractivity contribution < 1.29 is 0 Å². The van der Waals surface area contributed by atoms with Gasteiger partial charge in [0.15, 0.2) is 0 Å². The zero-order valence-electron chi connectivity index (χ0n) is 13.7. The summed E-state index contributed by atoms with van der Waals surface area (Å²) in [5, 5.41) is 3.79. The van der Waals surface area contributed by atoms with Gasteiger partial charge in [-0.1, -0.05) is 26.7 Å². The van der Waals surface area contributed by atoms with Crippen LogP contribution in [0.2, 0.25) is 0 Å². The van der Waals surface area contributed by atoms with Gasteiger partial charge in [-0.15, -0.1) is 0 Å². The summed E-state index contributed by atoms with van der Waals surface area (Å²) in [6.07, 6.45) is 14.3. The zero-order valence-corrected chi connectivity index (χ0v) is 13.7. The molecule has 2 saturated heterocycles. The molecule has 3 atom stereocenters. The summed E-state index contributed by atoms with van der Waals surface area (Å²) >= 11 is 0. The lowest BCUT2D eigenvalue weighted by molar-refractivity contribution is 0.0639. The minimum atomic E-state index is 0.589. The van der Waals surface area contributed by atoms with Crippen LogP contribution in [0.1, 0.15) is 78.1 Å². The maximum atomic E-state index is 3.79. The first-order chi connectivity index (χ1) is 9.66. The van der Waals surface area contributed by atoms with Crippen LogP contribution in [0.5, 0.6) is 0 Å². The van der Waals surface area contributed by atoms with Crippen LogP contribution >= 0.6 is 0 Å². The van der Waals surface area contributed by atoms with E-state index < -0.39 is 0 Å². The van der Waals surface area contributed by atoms with E-state index in [0.717, 1.165) is 18.1 Å². The lowest BCUT2D eigenvalue weighted by Gasteiger charge is -2.44. The van der Waals surface area contributed by atoms with Crippen molar-refractivity contribution in [2.75, 3.05) is 13.1 Å². The lowest BCUT2D eigenvalue weighted by atomic mass is 9.85. The highest BCUT2D eigenvalue weighted by molar-refractivity contribution is 4.94. The summed E-state index contributed by atoms with van der Waals surface area (Å²) in [5.41, 5.74) is 0.589. The minimum Gasteiger partial charge on any atom is -0.312 e. The quantitative estimate of drug-likeness (QED) is 0.769. The molecule has 3 unspecified atom stereocenters. The number of nitrogens with zero attached hydrogens (tertiary/aromatic N) is 1. The first-order valence-corrected chi connectivity index (χ1v) is 9.15. The number of likely N-dealkylation sites (tertiary alicyclic amines) is 1. The van der Waals surface area contributed by atoms with E-state index in [4.69, 9.17) is 0 Å². The van der Waals surface area contributed by atoms with E-state index in [2.05, 4.69) is 24.1 Å². The van der Waals surface area contributed by atoms with Gasteiger partial charge in [0.05, 0.1) is 0 Å².